The molecule has 3 aliphatic heterocycles. The number of halogens is 1. The summed E-state index contributed by atoms with van der Waals surface area (Å²) >= 11 is 0. The number of rotatable bonds is 4. The van der Waals surface area contributed by atoms with E-state index in [2.05, 4.69) is 45.1 Å². The fourth-order valence-corrected chi connectivity index (χ4v) is 4.66. The summed E-state index contributed by atoms with van der Waals surface area (Å²) < 4.78 is 26.7. The third-order valence-electron chi connectivity index (χ3n) is 6.47. The number of hydrogen-bond donors (Lipinski definition) is 0. The molecule has 0 saturated carbocycles. The predicted octanol–water partition coefficient (Wildman–Crippen LogP) is 2.67. The summed E-state index contributed by atoms with van der Waals surface area (Å²) in [4.78, 5) is 15.6. The maximum atomic E-state index is 15.7. The van der Waals surface area contributed by atoms with Crippen LogP contribution in [0, 0.1) is 5.82 Å². The highest BCUT2D eigenvalue weighted by Crippen LogP contribution is 2.34. The van der Waals surface area contributed by atoms with Gasteiger partial charge in [0.05, 0.1) is 26.4 Å². The van der Waals surface area contributed by atoms with Crippen molar-refractivity contribution in [2.24, 2.45) is 0 Å². The zero-order valence-electron chi connectivity index (χ0n) is 17.9. The molecule has 1 aromatic carbocycles. The molecule has 31 heavy (non-hydrogen) atoms. The second-order valence-corrected chi connectivity index (χ2v) is 8.36. The van der Waals surface area contributed by atoms with Crippen LogP contribution in [0.15, 0.2) is 30.3 Å². The van der Waals surface area contributed by atoms with E-state index in [0.717, 1.165) is 39.0 Å². The summed E-state index contributed by atoms with van der Waals surface area (Å²) in [5.41, 5.74) is 1.37. The van der Waals surface area contributed by atoms with E-state index in [1.54, 1.807) is 0 Å². The summed E-state index contributed by atoms with van der Waals surface area (Å²) in [6.45, 7) is 6.79. The number of aromatic nitrogens is 2. The van der Waals surface area contributed by atoms with Crippen LogP contribution in [0.4, 0.5) is 22.0 Å². The van der Waals surface area contributed by atoms with Gasteiger partial charge in [-0.25, -0.2) is 0 Å². The first kappa shape index (κ1) is 20.5. The highest BCUT2D eigenvalue weighted by Gasteiger charge is 2.29. The number of ether oxygens (including phenoxy) is 2. The van der Waals surface area contributed by atoms with Crippen molar-refractivity contribution in [1.82, 2.24) is 9.97 Å². The number of piperidine rings is 1. The van der Waals surface area contributed by atoms with E-state index in [0.29, 0.717) is 63.0 Å². The number of morpholine rings is 2. The SMILES string of the molecule is Fc1c(N2CCOCC2)nc(N2CCOCC2)nc1N1CCC(c2ccccc2)CC1. The summed E-state index contributed by atoms with van der Waals surface area (Å²) in [6, 6.07) is 10.6. The molecule has 4 heterocycles. The highest BCUT2D eigenvalue weighted by molar-refractivity contribution is 5.58. The van der Waals surface area contributed by atoms with Gasteiger partial charge in [-0.05, 0) is 24.3 Å². The second-order valence-electron chi connectivity index (χ2n) is 8.36. The molecular formula is C23H30FN5O2. The van der Waals surface area contributed by atoms with Crippen molar-refractivity contribution in [3.63, 3.8) is 0 Å². The van der Waals surface area contributed by atoms with Gasteiger partial charge in [-0.1, -0.05) is 30.3 Å². The summed E-state index contributed by atoms with van der Waals surface area (Å²) in [5, 5.41) is 0. The first-order valence-electron chi connectivity index (χ1n) is 11.3. The van der Waals surface area contributed by atoms with Crippen LogP contribution in [0.3, 0.4) is 0 Å². The van der Waals surface area contributed by atoms with Crippen LogP contribution < -0.4 is 14.7 Å². The summed E-state index contributed by atoms with van der Waals surface area (Å²) in [7, 11) is 0. The predicted molar refractivity (Wildman–Crippen MR) is 119 cm³/mol. The molecule has 0 radical (unpaired) electrons. The molecule has 3 fully saturated rings. The fourth-order valence-electron chi connectivity index (χ4n) is 4.66. The minimum atomic E-state index is -0.308. The lowest BCUT2D eigenvalue weighted by Gasteiger charge is -2.36. The van der Waals surface area contributed by atoms with Crippen molar-refractivity contribution in [1.29, 1.82) is 0 Å². The lowest BCUT2D eigenvalue weighted by atomic mass is 9.89. The van der Waals surface area contributed by atoms with E-state index in [4.69, 9.17) is 14.5 Å². The fraction of sp³-hybridized carbons (Fsp3) is 0.565. The van der Waals surface area contributed by atoms with Crippen LogP contribution >= 0.6 is 0 Å². The first-order valence-corrected chi connectivity index (χ1v) is 11.3. The Hall–Kier alpha value is -2.45. The highest BCUT2D eigenvalue weighted by atomic mass is 19.1. The molecule has 0 aliphatic carbocycles. The Kier molecular flexibility index (Phi) is 6.18. The van der Waals surface area contributed by atoms with Gasteiger partial charge in [0.1, 0.15) is 0 Å². The molecule has 7 nitrogen and oxygen atoms in total. The molecule has 2 aromatic rings. The Morgan fingerprint density at radius 2 is 1.23 bits per heavy atom. The standard InChI is InChI=1S/C23H30FN5O2/c24-20-21(27-8-6-19(7-9-27)18-4-2-1-3-5-18)25-23(29-12-16-31-17-13-29)26-22(20)28-10-14-30-15-11-28/h1-5,19H,6-17H2. The van der Waals surface area contributed by atoms with Gasteiger partial charge in [-0.3, -0.25) is 0 Å². The first-order chi connectivity index (χ1) is 15.3. The molecule has 0 N–H and O–H groups in total. The topological polar surface area (TPSA) is 54.0 Å². The Morgan fingerprint density at radius 1 is 0.710 bits per heavy atom. The van der Waals surface area contributed by atoms with Crippen molar-refractivity contribution in [3.05, 3.63) is 41.7 Å². The van der Waals surface area contributed by atoms with E-state index in [1.807, 2.05) is 4.90 Å². The molecule has 3 aliphatic rings. The molecule has 8 heteroatoms. The van der Waals surface area contributed by atoms with Crippen LogP contribution in [0.25, 0.3) is 0 Å². The molecule has 0 bridgehead atoms. The summed E-state index contributed by atoms with van der Waals surface area (Å²) in [6.07, 6.45) is 1.99. The van der Waals surface area contributed by atoms with Crippen molar-refractivity contribution in [2.75, 3.05) is 80.4 Å². The van der Waals surface area contributed by atoms with Crippen LogP contribution in [0.1, 0.15) is 24.3 Å². The normalized spacial score (nSPS) is 20.9. The average Bonchev–Trinajstić information content (AvgIpc) is 2.86. The van der Waals surface area contributed by atoms with Gasteiger partial charge in [-0.15, -0.1) is 0 Å². The molecule has 1 aromatic heterocycles. The smallest absolute Gasteiger partial charge is 0.229 e. The number of hydrogen-bond acceptors (Lipinski definition) is 7. The average molecular weight is 428 g/mol. The van der Waals surface area contributed by atoms with Crippen molar-refractivity contribution in [3.8, 4) is 0 Å². The molecular weight excluding hydrogens is 397 g/mol. The van der Waals surface area contributed by atoms with Gasteiger partial charge in [-0.2, -0.15) is 14.4 Å². The van der Waals surface area contributed by atoms with Crippen molar-refractivity contribution in [2.45, 2.75) is 18.8 Å². The van der Waals surface area contributed by atoms with E-state index >= 15 is 4.39 Å². The van der Waals surface area contributed by atoms with Crippen LogP contribution in [-0.4, -0.2) is 75.7 Å². The van der Waals surface area contributed by atoms with Crippen LogP contribution in [-0.2, 0) is 9.47 Å². The van der Waals surface area contributed by atoms with Gasteiger partial charge in [0.2, 0.25) is 11.8 Å². The van der Waals surface area contributed by atoms with E-state index in [1.165, 1.54) is 5.56 Å². The third-order valence-corrected chi connectivity index (χ3v) is 6.47. The Morgan fingerprint density at radius 3 is 1.81 bits per heavy atom. The van der Waals surface area contributed by atoms with Gasteiger partial charge < -0.3 is 24.2 Å². The van der Waals surface area contributed by atoms with Gasteiger partial charge >= 0.3 is 0 Å². The maximum Gasteiger partial charge on any atom is 0.229 e. The lowest BCUT2D eigenvalue weighted by Crippen LogP contribution is -2.41. The Balaban J connectivity index is 1.41. The molecule has 166 valence electrons. The van der Waals surface area contributed by atoms with E-state index in [-0.39, 0.29) is 5.82 Å². The zero-order chi connectivity index (χ0) is 21.0. The number of benzene rings is 1. The van der Waals surface area contributed by atoms with Crippen molar-refractivity contribution < 1.29 is 13.9 Å². The zero-order valence-corrected chi connectivity index (χ0v) is 17.9. The van der Waals surface area contributed by atoms with Gasteiger partial charge in [0.25, 0.3) is 0 Å². The van der Waals surface area contributed by atoms with Crippen LogP contribution in [0.5, 0.6) is 0 Å². The van der Waals surface area contributed by atoms with Crippen molar-refractivity contribution >= 4 is 17.6 Å². The second kappa shape index (κ2) is 9.36. The molecule has 0 amide bonds. The van der Waals surface area contributed by atoms with E-state index in [9.17, 15) is 0 Å². The lowest BCUT2D eigenvalue weighted by molar-refractivity contribution is 0.121. The van der Waals surface area contributed by atoms with Crippen LogP contribution in [0.2, 0.25) is 0 Å². The number of nitrogens with zero attached hydrogens (tertiary/aromatic N) is 5. The molecule has 0 atom stereocenters. The molecule has 0 spiro atoms. The quantitative estimate of drug-likeness (QED) is 0.744. The van der Waals surface area contributed by atoms with Gasteiger partial charge in [0.15, 0.2) is 11.6 Å². The Labute approximate surface area is 182 Å². The maximum absolute atomic E-state index is 15.7. The monoisotopic (exact) mass is 427 g/mol. The molecule has 0 unspecified atom stereocenters. The minimum absolute atomic E-state index is 0.308. The Bertz CT molecular complexity index is 864. The molecule has 3 saturated heterocycles. The van der Waals surface area contributed by atoms with E-state index < -0.39 is 0 Å². The molecule has 5 rings (SSSR count). The summed E-state index contributed by atoms with van der Waals surface area (Å²) in [5.74, 6) is 1.65. The van der Waals surface area contributed by atoms with Gasteiger partial charge in [0, 0.05) is 39.3 Å². The third kappa shape index (κ3) is 4.45. The number of anilines is 3. The minimum Gasteiger partial charge on any atom is -0.378 e. The largest absolute Gasteiger partial charge is 0.378 e.